The summed E-state index contributed by atoms with van der Waals surface area (Å²) in [5.74, 6) is 1.83. The zero-order valence-corrected chi connectivity index (χ0v) is 13.1. The minimum atomic E-state index is 0.238. The predicted octanol–water partition coefficient (Wildman–Crippen LogP) is 2.60. The quantitative estimate of drug-likeness (QED) is 0.850. The Bertz CT molecular complexity index is 509. The van der Waals surface area contributed by atoms with Gasteiger partial charge in [0.1, 0.15) is 0 Å². The number of aromatic nitrogens is 2. The number of hydrogen-bond donors (Lipinski definition) is 1. The Morgan fingerprint density at radius 1 is 1.45 bits per heavy atom. The highest BCUT2D eigenvalue weighted by molar-refractivity contribution is 7.13. The summed E-state index contributed by atoms with van der Waals surface area (Å²) in [4.78, 5) is 7.61. The summed E-state index contributed by atoms with van der Waals surface area (Å²) in [7, 11) is 2.04. The van der Waals surface area contributed by atoms with Crippen LogP contribution in [-0.2, 0) is 6.54 Å². The summed E-state index contributed by atoms with van der Waals surface area (Å²) in [5, 5.41) is 6.01. The summed E-state index contributed by atoms with van der Waals surface area (Å²) in [6.07, 6.45) is 0.972. The van der Waals surface area contributed by atoms with Crippen molar-refractivity contribution in [2.24, 2.45) is 11.7 Å². The molecule has 2 aromatic heterocycles. The second kappa shape index (κ2) is 6.97. The van der Waals surface area contributed by atoms with Crippen LogP contribution in [0.3, 0.4) is 0 Å². The third-order valence-corrected chi connectivity index (χ3v) is 4.18. The number of nitrogens with two attached hydrogens (primary N) is 1. The first-order valence-corrected chi connectivity index (χ1v) is 7.75. The molecule has 1 atom stereocenters. The maximum absolute atomic E-state index is 6.05. The Hall–Kier alpha value is -1.24. The second-order valence-corrected chi connectivity index (χ2v) is 6.37. The molecule has 0 aliphatic carbocycles. The highest BCUT2D eigenvalue weighted by Gasteiger charge is 2.13. The van der Waals surface area contributed by atoms with Crippen molar-refractivity contribution < 1.29 is 4.52 Å². The maximum atomic E-state index is 6.05. The molecule has 0 aromatic carbocycles. The molecule has 6 heteroatoms. The third kappa shape index (κ3) is 4.13. The first-order valence-electron chi connectivity index (χ1n) is 6.87. The SMILES string of the molecule is CC(C)C(N)CCN(C)Cc1nc(-c2cccs2)no1. The van der Waals surface area contributed by atoms with Gasteiger partial charge in [-0.15, -0.1) is 11.3 Å². The van der Waals surface area contributed by atoms with Gasteiger partial charge in [0, 0.05) is 6.04 Å². The second-order valence-electron chi connectivity index (χ2n) is 5.42. The first kappa shape index (κ1) is 15.2. The molecule has 20 heavy (non-hydrogen) atoms. The van der Waals surface area contributed by atoms with Crippen LogP contribution >= 0.6 is 11.3 Å². The average Bonchev–Trinajstić information content (AvgIpc) is 3.05. The van der Waals surface area contributed by atoms with Crippen LogP contribution in [0.1, 0.15) is 26.2 Å². The number of nitrogens with zero attached hydrogens (tertiary/aromatic N) is 3. The van der Waals surface area contributed by atoms with Crippen LogP contribution in [-0.4, -0.2) is 34.7 Å². The topological polar surface area (TPSA) is 68.2 Å². The predicted molar refractivity (Wildman–Crippen MR) is 81.4 cm³/mol. The van der Waals surface area contributed by atoms with Crippen molar-refractivity contribution in [1.29, 1.82) is 0 Å². The van der Waals surface area contributed by atoms with Crippen LogP contribution in [0, 0.1) is 5.92 Å². The molecule has 2 aromatic rings. The zero-order chi connectivity index (χ0) is 14.5. The van der Waals surface area contributed by atoms with Crippen molar-refractivity contribution in [3.63, 3.8) is 0 Å². The molecule has 0 saturated carbocycles. The van der Waals surface area contributed by atoms with Crippen molar-refractivity contribution in [2.45, 2.75) is 32.9 Å². The third-order valence-electron chi connectivity index (χ3n) is 3.32. The molecule has 0 bridgehead atoms. The Labute approximate surface area is 123 Å². The molecule has 2 N–H and O–H groups in total. The van der Waals surface area contributed by atoms with Gasteiger partial charge in [-0.25, -0.2) is 0 Å². The lowest BCUT2D eigenvalue weighted by atomic mass is 10.0. The summed E-state index contributed by atoms with van der Waals surface area (Å²) in [6, 6.07) is 4.21. The molecule has 2 rings (SSSR count). The molecule has 0 aliphatic heterocycles. The average molecular weight is 294 g/mol. The summed E-state index contributed by atoms with van der Waals surface area (Å²) < 4.78 is 5.29. The standard InChI is InChI=1S/C14H22N4OS/c1-10(2)11(15)6-7-18(3)9-13-16-14(17-19-13)12-5-4-8-20-12/h4-5,8,10-11H,6-7,9,15H2,1-3H3. The fraction of sp³-hybridized carbons (Fsp3) is 0.571. The van der Waals surface area contributed by atoms with E-state index in [0.717, 1.165) is 17.8 Å². The van der Waals surface area contributed by atoms with Crippen LogP contribution in [0.4, 0.5) is 0 Å². The molecule has 0 radical (unpaired) electrons. The number of rotatable bonds is 7. The van der Waals surface area contributed by atoms with Gasteiger partial charge in [0.25, 0.3) is 0 Å². The molecule has 110 valence electrons. The molecule has 1 unspecified atom stereocenters. The van der Waals surface area contributed by atoms with Crippen molar-refractivity contribution in [3.8, 4) is 10.7 Å². The lowest BCUT2D eigenvalue weighted by Gasteiger charge is -2.19. The van der Waals surface area contributed by atoms with Crippen molar-refractivity contribution in [3.05, 3.63) is 23.4 Å². The molecule has 0 amide bonds. The molecule has 0 spiro atoms. The van der Waals surface area contributed by atoms with E-state index in [1.165, 1.54) is 0 Å². The Morgan fingerprint density at radius 3 is 2.90 bits per heavy atom. The highest BCUT2D eigenvalue weighted by atomic mass is 32.1. The highest BCUT2D eigenvalue weighted by Crippen LogP contribution is 2.21. The van der Waals surface area contributed by atoms with Gasteiger partial charge >= 0.3 is 0 Å². The van der Waals surface area contributed by atoms with Crippen LogP contribution in [0.2, 0.25) is 0 Å². The van der Waals surface area contributed by atoms with E-state index in [-0.39, 0.29) is 6.04 Å². The lowest BCUT2D eigenvalue weighted by Crippen LogP contribution is -2.31. The monoisotopic (exact) mass is 294 g/mol. The van der Waals surface area contributed by atoms with Gasteiger partial charge in [0.05, 0.1) is 11.4 Å². The van der Waals surface area contributed by atoms with Crippen LogP contribution in [0.5, 0.6) is 0 Å². The van der Waals surface area contributed by atoms with Gasteiger partial charge in [-0.1, -0.05) is 25.1 Å². The van der Waals surface area contributed by atoms with Crippen LogP contribution in [0.15, 0.2) is 22.0 Å². The van der Waals surface area contributed by atoms with E-state index in [4.69, 9.17) is 10.3 Å². The number of hydrogen-bond acceptors (Lipinski definition) is 6. The van der Waals surface area contributed by atoms with E-state index in [9.17, 15) is 0 Å². The summed E-state index contributed by atoms with van der Waals surface area (Å²) in [5.41, 5.74) is 6.05. The maximum Gasteiger partial charge on any atom is 0.241 e. The first-order chi connectivity index (χ1) is 9.56. The molecular formula is C14H22N4OS. The largest absolute Gasteiger partial charge is 0.338 e. The van der Waals surface area contributed by atoms with Crippen molar-refractivity contribution in [2.75, 3.05) is 13.6 Å². The Morgan fingerprint density at radius 2 is 2.25 bits per heavy atom. The van der Waals surface area contributed by atoms with Gasteiger partial charge in [-0.3, -0.25) is 4.90 Å². The van der Waals surface area contributed by atoms with Crippen LogP contribution in [0.25, 0.3) is 10.7 Å². The van der Waals surface area contributed by atoms with E-state index < -0.39 is 0 Å². The van der Waals surface area contributed by atoms with E-state index >= 15 is 0 Å². The molecular weight excluding hydrogens is 272 g/mol. The summed E-state index contributed by atoms with van der Waals surface area (Å²) in [6.45, 7) is 5.88. The van der Waals surface area contributed by atoms with Gasteiger partial charge in [0.2, 0.25) is 11.7 Å². The van der Waals surface area contributed by atoms with Gasteiger partial charge in [-0.2, -0.15) is 4.98 Å². The van der Waals surface area contributed by atoms with E-state index in [2.05, 4.69) is 28.9 Å². The number of thiophene rings is 1. The molecule has 2 heterocycles. The summed E-state index contributed by atoms with van der Waals surface area (Å²) >= 11 is 1.61. The van der Waals surface area contributed by atoms with Gasteiger partial charge in [-0.05, 0) is 37.4 Å². The molecule has 0 saturated heterocycles. The molecule has 5 nitrogen and oxygen atoms in total. The van der Waals surface area contributed by atoms with Gasteiger partial charge in [0.15, 0.2) is 0 Å². The minimum absolute atomic E-state index is 0.238. The zero-order valence-electron chi connectivity index (χ0n) is 12.2. The van der Waals surface area contributed by atoms with Crippen LogP contribution < -0.4 is 5.73 Å². The van der Waals surface area contributed by atoms with Gasteiger partial charge < -0.3 is 10.3 Å². The van der Waals surface area contributed by atoms with Crippen molar-refractivity contribution in [1.82, 2.24) is 15.0 Å². The normalized spacial score (nSPS) is 13.3. The fourth-order valence-electron chi connectivity index (χ4n) is 1.84. The Kier molecular flexibility index (Phi) is 5.28. The smallest absolute Gasteiger partial charge is 0.241 e. The Balaban J connectivity index is 1.84. The van der Waals surface area contributed by atoms with E-state index in [1.807, 2.05) is 24.6 Å². The minimum Gasteiger partial charge on any atom is -0.338 e. The van der Waals surface area contributed by atoms with Crippen molar-refractivity contribution >= 4 is 11.3 Å². The van der Waals surface area contributed by atoms with E-state index in [0.29, 0.717) is 24.2 Å². The fourth-order valence-corrected chi connectivity index (χ4v) is 2.49. The molecule has 0 aliphatic rings. The molecule has 0 fully saturated rings. The van der Waals surface area contributed by atoms with E-state index in [1.54, 1.807) is 11.3 Å². The lowest BCUT2D eigenvalue weighted by molar-refractivity contribution is 0.252.